The van der Waals surface area contributed by atoms with Crippen molar-refractivity contribution < 1.29 is 13.2 Å². The number of pyridine rings is 1. The zero-order valence-electron chi connectivity index (χ0n) is 12.0. The van der Waals surface area contributed by atoms with Crippen molar-refractivity contribution in [3.05, 3.63) is 94.2 Å². The molecule has 116 valence electrons. The molecule has 2 aromatic carbocycles. The summed E-state index contributed by atoms with van der Waals surface area (Å²) in [7, 11) is 0. The van der Waals surface area contributed by atoms with Gasteiger partial charge in [0.2, 0.25) is 0 Å². The van der Waals surface area contributed by atoms with E-state index in [-0.39, 0.29) is 23.5 Å². The molecular formula is C18H12F3NO. The maximum absolute atomic E-state index is 13.7. The highest BCUT2D eigenvalue weighted by atomic mass is 19.1. The topological polar surface area (TPSA) is 22.0 Å². The van der Waals surface area contributed by atoms with Crippen LogP contribution in [0.4, 0.5) is 13.2 Å². The van der Waals surface area contributed by atoms with Gasteiger partial charge in [-0.3, -0.25) is 4.79 Å². The zero-order chi connectivity index (χ0) is 16.4. The van der Waals surface area contributed by atoms with Gasteiger partial charge in [-0.1, -0.05) is 18.2 Å². The van der Waals surface area contributed by atoms with Crippen molar-refractivity contribution in [1.82, 2.24) is 4.57 Å². The van der Waals surface area contributed by atoms with Crippen molar-refractivity contribution in [2.75, 3.05) is 0 Å². The fourth-order valence-electron chi connectivity index (χ4n) is 2.30. The first-order chi connectivity index (χ1) is 11.0. The van der Waals surface area contributed by atoms with Gasteiger partial charge in [-0.25, -0.2) is 13.2 Å². The molecule has 0 spiro atoms. The van der Waals surface area contributed by atoms with Gasteiger partial charge in [0.25, 0.3) is 5.56 Å². The van der Waals surface area contributed by atoms with E-state index in [1.54, 1.807) is 24.4 Å². The smallest absolute Gasteiger partial charge is 0.250 e. The van der Waals surface area contributed by atoms with Crippen LogP contribution >= 0.6 is 0 Å². The Morgan fingerprint density at radius 1 is 0.783 bits per heavy atom. The Labute approximate surface area is 130 Å². The standard InChI is InChI=1S/C18H12F3NO/c19-15-5-1-12(2-6-15)13-4-8-18(23)22(10-13)11-14-3-7-16(20)9-17(14)21/h1-10H,11H2. The van der Waals surface area contributed by atoms with Crippen molar-refractivity contribution in [3.63, 3.8) is 0 Å². The third-order valence-corrected chi connectivity index (χ3v) is 3.52. The Kier molecular flexibility index (Phi) is 4.02. The number of benzene rings is 2. The molecule has 3 rings (SSSR count). The normalized spacial score (nSPS) is 10.7. The molecule has 0 bridgehead atoms. The van der Waals surface area contributed by atoms with Crippen molar-refractivity contribution in [1.29, 1.82) is 0 Å². The first kappa shape index (κ1) is 15.1. The molecule has 1 heterocycles. The van der Waals surface area contributed by atoms with Crippen molar-refractivity contribution >= 4 is 0 Å². The Hall–Kier alpha value is -2.82. The number of aromatic nitrogens is 1. The molecule has 0 radical (unpaired) electrons. The molecule has 0 atom stereocenters. The van der Waals surface area contributed by atoms with E-state index in [0.717, 1.165) is 17.7 Å². The number of rotatable bonds is 3. The summed E-state index contributed by atoms with van der Waals surface area (Å²) in [6.45, 7) is -0.0139. The molecule has 3 aromatic rings. The molecule has 0 aliphatic rings. The van der Waals surface area contributed by atoms with Gasteiger partial charge in [-0.05, 0) is 35.4 Å². The Morgan fingerprint density at radius 2 is 1.43 bits per heavy atom. The van der Waals surface area contributed by atoms with Crippen LogP contribution in [-0.4, -0.2) is 4.57 Å². The summed E-state index contributed by atoms with van der Waals surface area (Å²) in [5.41, 5.74) is 1.34. The molecule has 0 unspecified atom stereocenters. The number of nitrogens with zero attached hydrogens (tertiary/aromatic N) is 1. The molecule has 0 aliphatic carbocycles. The average molecular weight is 315 g/mol. The third kappa shape index (κ3) is 3.34. The van der Waals surface area contributed by atoms with Gasteiger partial charge in [-0.15, -0.1) is 0 Å². The van der Waals surface area contributed by atoms with Crippen LogP contribution in [0.3, 0.4) is 0 Å². The van der Waals surface area contributed by atoms with Crippen LogP contribution in [0.15, 0.2) is 65.6 Å². The SMILES string of the molecule is O=c1ccc(-c2ccc(F)cc2)cn1Cc1ccc(F)cc1F. The van der Waals surface area contributed by atoms with Crippen LogP contribution < -0.4 is 5.56 Å². The van der Waals surface area contributed by atoms with Crippen LogP contribution in [0.1, 0.15) is 5.56 Å². The van der Waals surface area contributed by atoms with Gasteiger partial charge in [0.15, 0.2) is 0 Å². The highest BCUT2D eigenvalue weighted by molar-refractivity contribution is 5.62. The molecule has 1 aromatic heterocycles. The first-order valence-electron chi connectivity index (χ1n) is 6.93. The monoisotopic (exact) mass is 315 g/mol. The largest absolute Gasteiger partial charge is 0.310 e. The summed E-state index contributed by atoms with van der Waals surface area (Å²) < 4.78 is 41.0. The first-order valence-corrected chi connectivity index (χ1v) is 6.93. The quantitative estimate of drug-likeness (QED) is 0.716. The Bertz CT molecular complexity index is 901. The Morgan fingerprint density at radius 3 is 2.13 bits per heavy atom. The summed E-state index contributed by atoms with van der Waals surface area (Å²) in [5, 5.41) is 0. The molecule has 5 heteroatoms. The van der Waals surface area contributed by atoms with Gasteiger partial charge in [0.05, 0.1) is 6.54 Å². The van der Waals surface area contributed by atoms with Gasteiger partial charge >= 0.3 is 0 Å². The molecule has 23 heavy (non-hydrogen) atoms. The van der Waals surface area contributed by atoms with Crippen LogP contribution in [0.25, 0.3) is 11.1 Å². The number of hydrogen-bond acceptors (Lipinski definition) is 1. The third-order valence-electron chi connectivity index (χ3n) is 3.52. The lowest BCUT2D eigenvalue weighted by Crippen LogP contribution is -2.19. The lowest BCUT2D eigenvalue weighted by molar-refractivity contribution is 0.564. The van der Waals surface area contributed by atoms with Crippen molar-refractivity contribution in [3.8, 4) is 11.1 Å². The van der Waals surface area contributed by atoms with Gasteiger partial charge in [-0.2, -0.15) is 0 Å². The second-order valence-corrected chi connectivity index (χ2v) is 5.13. The van der Waals surface area contributed by atoms with Crippen molar-refractivity contribution in [2.45, 2.75) is 6.54 Å². The maximum Gasteiger partial charge on any atom is 0.250 e. The fraction of sp³-hybridized carbons (Fsp3) is 0.0556. The minimum Gasteiger partial charge on any atom is -0.310 e. The van der Waals surface area contributed by atoms with Gasteiger partial charge in [0.1, 0.15) is 17.5 Å². The molecule has 0 N–H and O–H groups in total. The van der Waals surface area contributed by atoms with E-state index in [1.165, 1.54) is 28.8 Å². The van der Waals surface area contributed by atoms with Crippen LogP contribution in [0.5, 0.6) is 0 Å². The molecule has 0 saturated heterocycles. The summed E-state index contributed by atoms with van der Waals surface area (Å²) in [4.78, 5) is 11.9. The second kappa shape index (κ2) is 6.12. The second-order valence-electron chi connectivity index (χ2n) is 5.13. The summed E-state index contributed by atoms with van der Waals surface area (Å²) >= 11 is 0. The average Bonchev–Trinajstić information content (AvgIpc) is 2.53. The highest BCUT2D eigenvalue weighted by Crippen LogP contribution is 2.19. The van der Waals surface area contributed by atoms with E-state index in [2.05, 4.69) is 0 Å². The molecular weight excluding hydrogens is 303 g/mol. The number of hydrogen-bond donors (Lipinski definition) is 0. The summed E-state index contributed by atoms with van der Waals surface area (Å²) in [6.07, 6.45) is 1.57. The molecule has 2 nitrogen and oxygen atoms in total. The molecule has 0 saturated carbocycles. The van der Waals surface area contributed by atoms with Crippen molar-refractivity contribution in [2.24, 2.45) is 0 Å². The van der Waals surface area contributed by atoms with E-state index in [4.69, 9.17) is 0 Å². The van der Waals surface area contributed by atoms with Gasteiger partial charge in [0, 0.05) is 23.9 Å². The van der Waals surface area contributed by atoms with Crippen LogP contribution in [-0.2, 0) is 6.54 Å². The predicted molar refractivity (Wildman–Crippen MR) is 81.6 cm³/mol. The summed E-state index contributed by atoms with van der Waals surface area (Å²) in [6, 6.07) is 12.1. The number of halogens is 3. The lowest BCUT2D eigenvalue weighted by Gasteiger charge is -2.09. The minimum absolute atomic E-state index is 0.0139. The Balaban J connectivity index is 1.97. The molecule has 0 fully saturated rings. The van der Waals surface area contributed by atoms with E-state index in [0.29, 0.717) is 5.56 Å². The summed E-state index contributed by atoms with van der Waals surface area (Å²) in [5.74, 6) is -1.72. The minimum atomic E-state index is -0.705. The highest BCUT2D eigenvalue weighted by Gasteiger charge is 2.07. The van der Waals surface area contributed by atoms with E-state index < -0.39 is 11.6 Å². The predicted octanol–water partition coefficient (Wildman–Crippen LogP) is 3.98. The van der Waals surface area contributed by atoms with Crippen LogP contribution in [0.2, 0.25) is 0 Å². The van der Waals surface area contributed by atoms with E-state index in [1.807, 2.05) is 0 Å². The lowest BCUT2D eigenvalue weighted by atomic mass is 10.1. The fourth-order valence-corrected chi connectivity index (χ4v) is 2.30. The van der Waals surface area contributed by atoms with E-state index in [9.17, 15) is 18.0 Å². The molecule has 0 aliphatic heterocycles. The van der Waals surface area contributed by atoms with E-state index >= 15 is 0 Å². The van der Waals surface area contributed by atoms with Crippen LogP contribution in [0, 0.1) is 17.5 Å². The van der Waals surface area contributed by atoms with Gasteiger partial charge < -0.3 is 4.57 Å². The maximum atomic E-state index is 13.7. The zero-order valence-corrected chi connectivity index (χ0v) is 12.0. The molecule has 0 amide bonds.